The molecule has 3 rings (SSSR count). The standard InChI is InChI=1S/C16H12N2O5S/c19-15(23-12-7-5-11(6-8-12)18(21)22)9-10-17-13-3-1-2-4-14(13)24-16(17)20/h1-8H,9-10H2. The summed E-state index contributed by atoms with van der Waals surface area (Å²) in [5.41, 5.74) is 0.710. The predicted molar refractivity (Wildman–Crippen MR) is 89.4 cm³/mol. The van der Waals surface area contributed by atoms with E-state index in [0.717, 1.165) is 21.6 Å². The zero-order valence-electron chi connectivity index (χ0n) is 12.4. The molecule has 122 valence electrons. The second kappa shape index (κ2) is 6.63. The van der Waals surface area contributed by atoms with E-state index in [-0.39, 0.29) is 29.3 Å². The van der Waals surface area contributed by atoms with Crippen LogP contribution in [0.4, 0.5) is 5.69 Å². The number of benzene rings is 2. The van der Waals surface area contributed by atoms with Gasteiger partial charge in [-0.25, -0.2) is 0 Å². The van der Waals surface area contributed by atoms with Gasteiger partial charge in [-0.15, -0.1) is 0 Å². The summed E-state index contributed by atoms with van der Waals surface area (Å²) < 4.78 is 7.53. The third kappa shape index (κ3) is 3.33. The molecule has 0 aliphatic heterocycles. The molecule has 24 heavy (non-hydrogen) atoms. The molecule has 7 nitrogen and oxygen atoms in total. The van der Waals surface area contributed by atoms with Crippen LogP contribution in [-0.2, 0) is 11.3 Å². The summed E-state index contributed by atoms with van der Waals surface area (Å²) in [7, 11) is 0. The lowest BCUT2D eigenvalue weighted by atomic mass is 10.3. The van der Waals surface area contributed by atoms with E-state index in [4.69, 9.17) is 4.74 Å². The number of carbonyl (C=O) groups is 1. The van der Waals surface area contributed by atoms with Crippen molar-refractivity contribution in [1.29, 1.82) is 0 Å². The van der Waals surface area contributed by atoms with Crippen molar-refractivity contribution in [2.24, 2.45) is 0 Å². The molecule has 0 atom stereocenters. The van der Waals surface area contributed by atoms with Gasteiger partial charge < -0.3 is 4.74 Å². The fourth-order valence-electron chi connectivity index (χ4n) is 2.25. The van der Waals surface area contributed by atoms with Crippen molar-refractivity contribution < 1.29 is 14.5 Å². The van der Waals surface area contributed by atoms with Crippen LogP contribution in [0.1, 0.15) is 6.42 Å². The number of hydrogen-bond donors (Lipinski definition) is 0. The molecule has 0 radical (unpaired) electrons. The molecule has 0 spiro atoms. The lowest BCUT2D eigenvalue weighted by molar-refractivity contribution is -0.384. The number of thiazole rings is 1. The van der Waals surface area contributed by atoms with E-state index in [1.807, 2.05) is 24.3 Å². The number of nitrogens with zero attached hydrogens (tertiary/aromatic N) is 2. The summed E-state index contributed by atoms with van der Waals surface area (Å²) in [6, 6.07) is 12.6. The van der Waals surface area contributed by atoms with Crippen molar-refractivity contribution >= 4 is 33.2 Å². The molecular formula is C16H12N2O5S. The van der Waals surface area contributed by atoms with E-state index in [9.17, 15) is 19.7 Å². The van der Waals surface area contributed by atoms with Gasteiger partial charge in [-0.3, -0.25) is 24.3 Å². The molecule has 3 aromatic rings. The minimum atomic E-state index is -0.528. The summed E-state index contributed by atoms with van der Waals surface area (Å²) in [4.78, 5) is 33.8. The summed E-state index contributed by atoms with van der Waals surface area (Å²) >= 11 is 1.13. The maximum atomic E-state index is 12.0. The van der Waals surface area contributed by atoms with Gasteiger partial charge in [-0.1, -0.05) is 23.5 Å². The molecule has 0 unspecified atom stereocenters. The number of ether oxygens (including phenoxy) is 1. The number of aryl methyl sites for hydroxylation is 1. The van der Waals surface area contributed by atoms with Crippen molar-refractivity contribution in [2.45, 2.75) is 13.0 Å². The van der Waals surface area contributed by atoms with Crippen LogP contribution < -0.4 is 9.61 Å². The van der Waals surface area contributed by atoms with E-state index in [0.29, 0.717) is 0 Å². The van der Waals surface area contributed by atoms with E-state index in [1.165, 1.54) is 28.8 Å². The predicted octanol–water partition coefficient (Wildman–Crippen LogP) is 2.97. The molecule has 8 heteroatoms. The molecule has 0 amide bonds. The molecule has 2 aromatic carbocycles. The molecule has 0 saturated heterocycles. The highest BCUT2D eigenvalue weighted by molar-refractivity contribution is 7.16. The smallest absolute Gasteiger partial charge is 0.312 e. The number of fused-ring (bicyclic) bond motifs is 1. The summed E-state index contributed by atoms with van der Waals surface area (Å²) in [5.74, 6) is -0.279. The highest BCUT2D eigenvalue weighted by atomic mass is 32.1. The van der Waals surface area contributed by atoms with Crippen molar-refractivity contribution in [3.63, 3.8) is 0 Å². The Balaban J connectivity index is 1.66. The molecule has 0 bridgehead atoms. The Bertz CT molecular complexity index is 959. The lowest BCUT2D eigenvalue weighted by Gasteiger charge is -2.05. The number of para-hydroxylation sites is 1. The van der Waals surface area contributed by atoms with Crippen LogP contribution in [0.2, 0.25) is 0 Å². The quantitative estimate of drug-likeness (QED) is 0.307. The number of esters is 1. The molecule has 0 saturated carbocycles. The molecule has 1 aromatic heterocycles. The van der Waals surface area contributed by atoms with E-state index >= 15 is 0 Å². The van der Waals surface area contributed by atoms with Gasteiger partial charge in [-0.05, 0) is 24.3 Å². The highest BCUT2D eigenvalue weighted by Gasteiger charge is 2.11. The van der Waals surface area contributed by atoms with Gasteiger partial charge in [-0.2, -0.15) is 0 Å². The Kier molecular flexibility index (Phi) is 4.39. The number of nitro benzene ring substituents is 1. The Labute approximate surface area is 139 Å². The average molecular weight is 344 g/mol. The van der Waals surface area contributed by atoms with Crippen molar-refractivity contribution in [3.8, 4) is 5.75 Å². The van der Waals surface area contributed by atoms with Crippen LogP contribution in [0.5, 0.6) is 5.75 Å². The first-order chi connectivity index (χ1) is 11.5. The minimum Gasteiger partial charge on any atom is -0.426 e. The zero-order valence-corrected chi connectivity index (χ0v) is 13.2. The van der Waals surface area contributed by atoms with Gasteiger partial charge in [0.05, 0.1) is 21.6 Å². The van der Waals surface area contributed by atoms with Crippen LogP contribution in [0.25, 0.3) is 10.2 Å². The van der Waals surface area contributed by atoms with E-state index in [2.05, 4.69) is 0 Å². The SMILES string of the molecule is O=C(CCn1c(=O)sc2ccccc21)Oc1ccc([N+](=O)[O-])cc1. The number of aromatic nitrogens is 1. The molecule has 0 fully saturated rings. The zero-order chi connectivity index (χ0) is 17.1. The van der Waals surface area contributed by atoms with Gasteiger partial charge in [0.2, 0.25) is 0 Å². The number of carbonyl (C=O) groups excluding carboxylic acids is 1. The third-order valence-electron chi connectivity index (χ3n) is 3.39. The fourth-order valence-corrected chi connectivity index (χ4v) is 3.16. The second-order valence-electron chi connectivity index (χ2n) is 4.96. The molecule has 0 aliphatic rings. The number of nitro groups is 1. The first-order valence-electron chi connectivity index (χ1n) is 7.08. The largest absolute Gasteiger partial charge is 0.426 e. The number of non-ortho nitro benzene ring substituents is 1. The van der Waals surface area contributed by atoms with E-state index < -0.39 is 10.9 Å². The Morgan fingerprint density at radius 1 is 1.17 bits per heavy atom. The highest BCUT2D eigenvalue weighted by Crippen LogP contribution is 2.19. The Morgan fingerprint density at radius 3 is 2.58 bits per heavy atom. The van der Waals surface area contributed by atoms with Gasteiger partial charge in [0.1, 0.15) is 5.75 Å². The third-order valence-corrected chi connectivity index (χ3v) is 4.35. The normalized spacial score (nSPS) is 10.7. The van der Waals surface area contributed by atoms with Gasteiger partial charge in [0.25, 0.3) is 5.69 Å². The van der Waals surface area contributed by atoms with Crippen LogP contribution in [0.3, 0.4) is 0 Å². The molecule has 0 N–H and O–H groups in total. The first-order valence-corrected chi connectivity index (χ1v) is 7.90. The van der Waals surface area contributed by atoms with Crippen LogP contribution in [0, 0.1) is 10.1 Å². The Morgan fingerprint density at radius 2 is 1.88 bits per heavy atom. The maximum absolute atomic E-state index is 12.0. The minimum absolute atomic E-state index is 0.0254. The number of hydrogen-bond acceptors (Lipinski definition) is 6. The fraction of sp³-hybridized carbons (Fsp3) is 0.125. The van der Waals surface area contributed by atoms with Crippen molar-refractivity contribution in [1.82, 2.24) is 4.57 Å². The van der Waals surface area contributed by atoms with Crippen molar-refractivity contribution in [2.75, 3.05) is 0 Å². The second-order valence-corrected chi connectivity index (χ2v) is 5.96. The molecule has 0 aliphatic carbocycles. The van der Waals surface area contributed by atoms with Gasteiger partial charge in [0.15, 0.2) is 0 Å². The van der Waals surface area contributed by atoms with E-state index in [1.54, 1.807) is 0 Å². The monoisotopic (exact) mass is 344 g/mol. The molecular weight excluding hydrogens is 332 g/mol. The summed E-state index contributed by atoms with van der Waals surface area (Å²) in [5, 5.41) is 10.6. The van der Waals surface area contributed by atoms with Crippen LogP contribution in [-0.4, -0.2) is 15.5 Å². The Hall–Kier alpha value is -3.00. The first kappa shape index (κ1) is 15.9. The summed E-state index contributed by atoms with van der Waals surface area (Å²) in [6.07, 6.45) is 0.0254. The number of rotatable bonds is 5. The lowest BCUT2D eigenvalue weighted by Crippen LogP contribution is -2.17. The molecule has 1 heterocycles. The average Bonchev–Trinajstić information content (AvgIpc) is 2.88. The van der Waals surface area contributed by atoms with Gasteiger partial charge >= 0.3 is 10.8 Å². The maximum Gasteiger partial charge on any atom is 0.312 e. The topological polar surface area (TPSA) is 91.4 Å². The van der Waals surface area contributed by atoms with Crippen LogP contribution in [0.15, 0.2) is 53.3 Å². The van der Waals surface area contributed by atoms with Gasteiger partial charge in [0, 0.05) is 18.7 Å². The van der Waals surface area contributed by atoms with Crippen molar-refractivity contribution in [3.05, 3.63) is 68.3 Å². The van der Waals surface area contributed by atoms with Crippen LogP contribution >= 0.6 is 11.3 Å². The summed E-state index contributed by atoms with van der Waals surface area (Å²) in [6.45, 7) is 0.217.